The molecule has 0 aliphatic heterocycles. The van der Waals surface area contributed by atoms with Gasteiger partial charge in [-0.05, 0) is 48.0 Å². The van der Waals surface area contributed by atoms with E-state index >= 15 is 0 Å². The Bertz CT molecular complexity index is 1340. The molecule has 35 heavy (non-hydrogen) atoms. The average Bonchev–Trinajstić information content (AvgIpc) is 3.30. The molecule has 1 unspecified atom stereocenters. The lowest BCUT2D eigenvalue weighted by atomic mass is 10.1. The van der Waals surface area contributed by atoms with Crippen molar-refractivity contribution in [3.63, 3.8) is 0 Å². The Morgan fingerprint density at radius 1 is 0.943 bits per heavy atom. The van der Waals surface area contributed by atoms with E-state index in [0.717, 1.165) is 16.9 Å². The van der Waals surface area contributed by atoms with Crippen LogP contribution < -0.4 is 16.0 Å². The van der Waals surface area contributed by atoms with E-state index in [1.165, 1.54) is 18.2 Å². The van der Waals surface area contributed by atoms with Crippen LogP contribution in [0.25, 0.3) is 10.6 Å². The van der Waals surface area contributed by atoms with Gasteiger partial charge in [0.1, 0.15) is 16.9 Å². The second kappa shape index (κ2) is 11.3. The first kappa shape index (κ1) is 24.6. The lowest BCUT2D eigenvalue weighted by Crippen LogP contribution is -2.47. The number of carbonyl (C=O) groups excluding carboxylic acids is 2. The molecule has 0 saturated heterocycles. The molecule has 3 N–H and O–H groups in total. The van der Waals surface area contributed by atoms with Gasteiger partial charge in [0.2, 0.25) is 11.0 Å². The fourth-order valence-electron chi connectivity index (χ4n) is 3.14. The van der Waals surface area contributed by atoms with Crippen LogP contribution in [0.15, 0.2) is 72.8 Å². The van der Waals surface area contributed by atoms with Gasteiger partial charge in [-0.1, -0.05) is 64.9 Å². The fourth-order valence-corrected chi connectivity index (χ4v) is 4.35. The van der Waals surface area contributed by atoms with Gasteiger partial charge >= 0.3 is 6.03 Å². The molecule has 7 nitrogen and oxygen atoms in total. The van der Waals surface area contributed by atoms with Crippen molar-refractivity contribution in [3.8, 4) is 10.6 Å². The molecule has 3 amide bonds. The Hall–Kier alpha value is -3.53. The standard InChI is InChI=1S/C24H18Cl2FN5O2S/c25-16-8-11-19(18(26)13-16)28-23(34)29-20(12-14-4-2-1-3-5-14)21(33)30-24-32-31-22(35-24)15-6-9-17(27)10-7-15/h1-11,13,20H,12H2,(H2,28,29,34)(H,30,32,33). The van der Waals surface area contributed by atoms with Crippen molar-refractivity contribution in [2.45, 2.75) is 12.5 Å². The van der Waals surface area contributed by atoms with E-state index in [1.807, 2.05) is 30.3 Å². The Balaban J connectivity index is 1.48. The van der Waals surface area contributed by atoms with Crippen LogP contribution in [0.3, 0.4) is 0 Å². The van der Waals surface area contributed by atoms with Crippen molar-refractivity contribution >= 4 is 57.3 Å². The minimum atomic E-state index is -0.929. The summed E-state index contributed by atoms with van der Waals surface area (Å²) in [6.45, 7) is 0. The van der Waals surface area contributed by atoms with Crippen molar-refractivity contribution in [2.75, 3.05) is 10.6 Å². The Morgan fingerprint density at radius 3 is 2.40 bits per heavy atom. The van der Waals surface area contributed by atoms with Crippen LogP contribution in [0.5, 0.6) is 0 Å². The topological polar surface area (TPSA) is 96.0 Å². The molecule has 0 saturated carbocycles. The molecule has 1 aromatic heterocycles. The van der Waals surface area contributed by atoms with Crippen LogP contribution in [0, 0.1) is 5.82 Å². The van der Waals surface area contributed by atoms with Gasteiger partial charge in [0.25, 0.3) is 0 Å². The number of rotatable bonds is 7. The van der Waals surface area contributed by atoms with E-state index in [-0.39, 0.29) is 22.4 Å². The van der Waals surface area contributed by atoms with Crippen molar-refractivity contribution in [2.24, 2.45) is 0 Å². The first-order chi connectivity index (χ1) is 16.9. The number of hydrogen-bond acceptors (Lipinski definition) is 5. The number of carbonyl (C=O) groups is 2. The van der Waals surface area contributed by atoms with Crippen molar-refractivity contribution in [1.82, 2.24) is 15.5 Å². The number of hydrogen-bond donors (Lipinski definition) is 3. The predicted molar refractivity (Wildman–Crippen MR) is 136 cm³/mol. The minimum absolute atomic E-state index is 0.234. The van der Waals surface area contributed by atoms with Crippen molar-refractivity contribution in [1.29, 1.82) is 0 Å². The maximum absolute atomic E-state index is 13.2. The van der Waals surface area contributed by atoms with Gasteiger partial charge < -0.3 is 10.6 Å². The molecule has 4 aromatic rings. The van der Waals surface area contributed by atoms with Gasteiger partial charge in [-0.15, -0.1) is 10.2 Å². The number of benzene rings is 3. The number of aromatic nitrogens is 2. The quantitative estimate of drug-likeness (QED) is 0.272. The minimum Gasteiger partial charge on any atom is -0.326 e. The molecule has 0 spiro atoms. The molecule has 1 heterocycles. The van der Waals surface area contributed by atoms with Crippen molar-refractivity contribution in [3.05, 3.63) is 94.2 Å². The van der Waals surface area contributed by atoms with Crippen LogP contribution in [0.4, 0.5) is 20.0 Å². The third kappa shape index (κ3) is 6.75. The van der Waals surface area contributed by atoms with E-state index in [2.05, 4.69) is 26.1 Å². The first-order valence-corrected chi connectivity index (χ1v) is 11.9. The van der Waals surface area contributed by atoms with Gasteiger partial charge in [-0.3, -0.25) is 10.1 Å². The lowest BCUT2D eigenvalue weighted by Gasteiger charge is -2.18. The van der Waals surface area contributed by atoms with Crippen LogP contribution in [0.2, 0.25) is 10.0 Å². The molecular weight excluding hydrogens is 512 g/mol. The van der Waals surface area contributed by atoms with E-state index in [4.69, 9.17) is 23.2 Å². The van der Waals surface area contributed by atoms with Crippen LogP contribution in [0.1, 0.15) is 5.56 Å². The molecule has 3 aromatic carbocycles. The molecule has 1 atom stereocenters. The normalized spacial score (nSPS) is 11.5. The monoisotopic (exact) mass is 529 g/mol. The number of nitrogens with one attached hydrogen (secondary N) is 3. The smallest absolute Gasteiger partial charge is 0.319 e. The summed E-state index contributed by atoms with van der Waals surface area (Å²) >= 11 is 13.2. The predicted octanol–water partition coefficient (Wildman–Crippen LogP) is 6.02. The largest absolute Gasteiger partial charge is 0.326 e. The molecule has 0 radical (unpaired) electrons. The Morgan fingerprint density at radius 2 is 1.69 bits per heavy atom. The van der Waals surface area contributed by atoms with E-state index < -0.39 is 18.0 Å². The van der Waals surface area contributed by atoms with E-state index in [9.17, 15) is 14.0 Å². The highest BCUT2D eigenvalue weighted by atomic mass is 35.5. The number of halogens is 3. The second-order valence-electron chi connectivity index (χ2n) is 7.37. The summed E-state index contributed by atoms with van der Waals surface area (Å²) in [5.74, 6) is -0.840. The molecule has 11 heteroatoms. The maximum Gasteiger partial charge on any atom is 0.319 e. The second-order valence-corrected chi connectivity index (χ2v) is 9.19. The van der Waals surface area contributed by atoms with Crippen molar-refractivity contribution < 1.29 is 14.0 Å². The van der Waals surface area contributed by atoms with Gasteiger partial charge in [0, 0.05) is 17.0 Å². The average molecular weight is 530 g/mol. The van der Waals surface area contributed by atoms with Crippen LogP contribution in [-0.4, -0.2) is 28.2 Å². The fraction of sp³-hybridized carbons (Fsp3) is 0.0833. The highest BCUT2D eigenvalue weighted by Gasteiger charge is 2.23. The number of amides is 3. The maximum atomic E-state index is 13.2. The zero-order valence-corrected chi connectivity index (χ0v) is 20.3. The van der Waals surface area contributed by atoms with Crippen LogP contribution >= 0.6 is 34.5 Å². The van der Waals surface area contributed by atoms with Crippen LogP contribution in [-0.2, 0) is 11.2 Å². The first-order valence-electron chi connectivity index (χ1n) is 10.3. The summed E-state index contributed by atoms with van der Waals surface area (Å²) in [5, 5.41) is 17.5. The highest BCUT2D eigenvalue weighted by Crippen LogP contribution is 2.27. The third-order valence-corrected chi connectivity index (χ3v) is 6.27. The molecular formula is C24H18Cl2FN5O2S. The zero-order chi connectivity index (χ0) is 24.8. The lowest BCUT2D eigenvalue weighted by molar-refractivity contribution is -0.117. The summed E-state index contributed by atoms with van der Waals surface area (Å²) in [6, 6.07) is 18.2. The molecule has 0 bridgehead atoms. The van der Waals surface area contributed by atoms with E-state index in [0.29, 0.717) is 21.3 Å². The van der Waals surface area contributed by atoms with Gasteiger partial charge in [-0.25, -0.2) is 9.18 Å². The molecule has 0 fully saturated rings. The van der Waals surface area contributed by atoms with Gasteiger partial charge in [0.15, 0.2) is 0 Å². The third-order valence-electron chi connectivity index (χ3n) is 4.83. The van der Waals surface area contributed by atoms with Gasteiger partial charge in [0.05, 0.1) is 10.7 Å². The SMILES string of the molecule is O=C(Nc1ccc(Cl)cc1Cl)NC(Cc1ccccc1)C(=O)Nc1nnc(-c2ccc(F)cc2)s1. The summed E-state index contributed by atoms with van der Waals surface area (Å²) in [7, 11) is 0. The van der Waals surface area contributed by atoms with Gasteiger partial charge in [-0.2, -0.15) is 0 Å². The Labute approximate surface area is 214 Å². The molecule has 4 rings (SSSR count). The summed E-state index contributed by atoms with van der Waals surface area (Å²) in [4.78, 5) is 25.8. The summed E-state index contributed by atoms with van der Waals surface area (Å²) < 4.78 is 13.2. The number of nitrogens with zero attached hydrogens (tertiary/aromatic N) is 2. The van der Waals surface area contributed by atoms with E-state index in [1.54, 1.807) is 24.3 Å². The Kier molecular flexibility index (Phi) is 7.91. The molecule has 0 aliphatic rings. The highest BCUT2D eigenvalue weighted by molar-refractivity contribution is 7.18. The number of urea groups is 1. The molecule has 0 aliphatic carbocycles. The summed E-state index contributed by atoms with van der Waals surface area (Å²) in [5.41, 5.74) is 1.87. The zero-order valence-electron chi connectivity index (χ0n) is 18.0. The molecule has 178 valence electrons. The summed E-state index contributed by atoms with van der Waals surface area (Å²) in [6.07, 6.45) is 0.234. The number of anilines is 2.